The molecule has 0 aliphatic rings. The zero-order valence-electron chi connectivity index (χ0n) is 11.6. The van der Waals surface area contributed by atoms with Crippen molar-refractivity contribution in [2.75, 3.05) is 7.11 Å². The van der Waals surface area contributed by atoms with E-state index < -0.39 is 0 Å². The molecule has 1 aromatic carbocycles. The van der Waals surface area contributed by atoms with Gasteiger partial charge in [0.05, 0.1) is 17.8 Å². The number of rotatable bonds is 5. The van der Waals surface area contributed by atoms with Crippen molar-refractivity contribution in [3.05, 3.63) is 45.4 Å². The third-order valence-corrected chi connectivity index (χ3v) is 3.88. The highest BCUT2D eigenvalue weighted by atomic mass is 32.1. The van der Waals surface area contributed by atoms with E-state index in [1.807, 2.05) is 13.0 Å². The summed E-state index contributed by atoms with van der Waals surface area (Å²) in [7, 11) is 1.70. The van der Waals surface area contributed by atoms with E-state index in [0.29, 0.717) is 0 Å². The fourth-order valence-electron chi connectivity index (χ4n) is 2.19. The van der Waals surface area contributed by atoms with E-state index in [9.17, 15) is 0 Å². The number of benzene rings is 1. The average molecular weight is 276 g/mol. The van der Waals surface area contributed by atoms with Gasteiger partial charge in [0, 0.05) is 17.8 Å². The molecule has 1 atom stereocenters. The Balaban J connectivity index is 2.05. The molecule has 19 heavy (non-hydrogen) atoms. The van der Waals surface area contributed by atoms with Crippen LogP contribution in [0.5, 0.6) is 5.75 Å². The van der Waals surface area contributed by atoms with Crippen LogP contribution in [0.3, 0.4) is 0 Å². The van der Waals surface area contributed by atoms with Crippen LogP contribution in [0.2, 0.25) is 0 Å². The topological polar surface area (TPSA) is 48.1 Å². The van der Waals surface area contributed by atoms with Crippen molar-refractivity contribution in [3.63, 3.8) is 0 Å². The van der Waals surface area contributed by atoms with E-state index in [2.05, 4.69) is 29.4 Å². The molecular weight excluding hydrogens is 256 g/mol. The molecular formula is C15H20N2OS. The number of nitrogens with zero attached hydrogens (tertiary/aromatic N) is 1. The van der Waals surface area contributed by atoms with Crippen molar-refractivity contribution in [3.8, 4) is 5.75 Å². The quantitative estimate of drug-likeness (QED) is 0.913. The fraction of sp³-hybridized carbons (Fsp3) is 0.400. The number of aromatic nitrogens is 1. The van der Waals surface area contributed by atoms with E-state index in [4.69, 9.17) is 10.5 Å². The summed E-state index contributed by atoms with van der Waals surface area (Å²) in [4.78, 5) is 4.46. The molecule has 0 aliphatic heterocycles. The van der Waals surface area contributed by atoms with Crippen LogP contribution in [-0.2, 0) is 12.8 Å². The van der Waals surface area contributed by atoms with Gasteiger partial charge in [-0.25, -0.2) is 4.98 Å². The van der Waals surface area contributed by atoms with Crippen molar-refractivity contribution in [2.45, 2.75) is 32.7 Å². The Kier molecular flexibility index (Phi) is 4.56. The Morgan fingerprint density at radius 1 is 1.32 bits per heavy atom. The molecule has 2 aromatic rings. The lowest BCUT2D eigenvalue weighted by Gasteiger charge is -2.14. The highest BCUT2D eigenvalue weighted by molar-refractivity contribution is 7.09. The largest absolute Gasteiger partial charge is 0.496 e. The van der Waals surface area contributed by atoms with E-state index in [0.717, 1.165) is 29.3 Å². The summed E-state index contributed by atoms with van der Waals surface area (Å²) in [6.45, 7) is 4.10. The summed E-state index contributed by atoms with van der Waals surface area (Å²) >= 11 is 1.67. The number of nitrogens with two attached hydrogens (primary N) is 1. The third kappa shape index (κ3) is 3.78. The molecule has 0 bridgehead atoms. The SMILES string of the molecule is COc1ccc(C)cc1CC(N)Cc1csc(C)n1. The van der Waals surface area contributed by atoms with Crippen LogP contribution < -0.4 is 10.5 Å². The molecule has 1 heterocycles. The first-order valence-electron chi connectivity index (χ1n) is 6.38. The molecule has 0 radical (unpaired) electrons. The molecule has 2 rings (SSSR count). The summed E-state index contributed by atoms with van der Waals surface area (Å²) in [6.07, 6.45) is 1.61. The van der Waals surface area contributed by atoms with Crippen LogP contribution >= 0.6 is 11.3 Å². The predicted molar refractivity (Wildman–Crippen MR) is 80.0 cm³/mol. The molecule has 2 N–H and O–H groups in total. The second kappa shape index (κ2) is 6.17. The van der Waals surface area contributed by atoms with E-state index in [-0.39, 0.29) is 6.04 Å². The monoisotopic (exact) mass is 276 g/mol. The summed E-state index contributed by atoms with van der Waals surface area (Å²) in [5, 5.41) is 3.18. The van der Waals surface area contributed by atoms with Crippen LogP contribution in [0, 0.1) is 13.8 Å². The van der Waals surface area contributed by atoms with Crippen molar-refractivity contribution < 1.29 is 4.74 Å². The number of ether oxygens (including phenoxy) is 1. The van der Waals surface area contributed by atoms with Crippen molar-refractivity contribution in [1.29, 1.82) is 0 Å². The number of hydrogen-bond acceptors (Lipinski definition) is 4. The highest BCUT2D eigenvalue weighted by Crippen LogP contribution is 2.21. The minimum atomic E-state index is 0.0669. The van der Waals surface area contributed by atoms with Crippen molar-refractivity contribution in [1.82, 2.24) is 4.98 Å². The van der Waals surface area contributed by atoms with Gasteiger partial charge in [0.1, 0.15) is 5.75 Å². The zero-order valence-corrected chi connectivity index (χ0v) is 12.5. The lowest BCUT2D eigenvalue weighted by molar-refractivity contribution is 0.407. The molecule has 4 heteroatoms. The van der Waals surface area contributed by atoms with Crippen LogP contribution in [0.4, 0.5) is 0 Å². The molecule has 1 aromatic heterocycles. The summed E-state index contributed by atoms with van der Waals surface area (Å²) in [5.74, 6) is 0.913. The van der Waals surface area contributed by atoms with Gasteiger partial charge in [-0.1, -0.05) is 17.7 Å². The minimum Gasteiger partial charge on any atom is -0.496 e. The average Bonchev–Trinajstić information content (AvgIpc) is 2.75. The molecule has 0 aliphatic carbocycles. The van der Waals surface area contributed by atoms with Crippen molar-refractivity contribution in [2.24, 2.45) is 5.73 Å². The Labute approximate surface area is 118 Å². The first-order chi connectivity index (χ1) is 9.08. The highest BCUT2D eigenvalue weighted by Gasteiger charge is 2.11. The van der Waals surface area contributed by atoms with Crippen LogP contribution in [0.15, 0.2) is 23.6 Å². The Morgan fingerprint density at radius 3 is 2.74 bits per heavy atom. The Hall–Kier alpha value is -1.39. The Bertz CT molecular complexity index is 551. The second-order valence-corrected chi connectivity index (χ2v) is 5.90. The molecule has 0 spiro atoms. The van der Waals surface area contributed by atoms with Crippen LogP contribution in [-0.4, -0.2) is 18.1 Å². The molecule has 0 amide bonds. The number of aryl methyl sites for hydroxylation is 2. The standard InChI is InChI=1S/C15H20N2OS/c1-10-4-5-15(18-3)12(6-10)7-13(16)8-14-9-19-11(2)17-14/h4-6,9,13H,7-8,16H2,1-3H3. The van der Waals surface area contributed by atoms with Gasteiger partial charge in [0.25, 0.3) is 0 Å². The van der Waals surface area contributed by atoms with Gasteiger partial charge >= 0.3 is 0 Å². The van der Waals surface area contributed by atoms with E-state index in [1.54, 1.807) is 18.4 Å². The summed E-state index contributed by atoms with van der Waals surface area (Å²) in [6, 6.07) is 6.27. The van der Waals surface area contributed by atoms with Crippen LogP contribution in [0.25, 0.3) is 0 Å². The molecule has 1 unspecified atom stereocenters. The first-order valence-corrected chi connectivity index (χ1v) is 7.26. The van der Waals surface area contributed by atoms with Gasteiger partial charge in [0.2, 0.25) is 0 Å². The first kappa shape index (κ1) is 14.0. The van der Waals surface area contributed by atoms with Gasteiger partial charge in [-0.05, 0) is 31.9 Å². The zero-order chi connectivity index (χ0) is 13.8. The number of hydrogen-bond donors (Lipinski definition) is 1. The molecule has 0 saturated carbocycles. The van der Waals surface area contributed by atoms with Gasteiger partial charge in [-0.3, -0.25) is 0 Å². The molecule has 102 valence electrons. The molecule has 0 fully saturated rings. The molecule has 0 saturated heterocycles. The molecule has 3 nitrogen and oxygen atoms in total. The lowest BCUT2D eigenvalue weighted by Crippen LogP contribution is -2.26. The minimum absolute atomic E-state index is 0.0669. The third-order valence-electron chi connectivity index (χ3n) is 3.06. The lowest BCUT2D eigenvalue weighted by atomic mass is 10.0. The van der Waals surface area contributed by atoms with Gasteiger partial charge in [0.15, 0.2) is 0 Å². The van der Waals surface area contributed by atoms with Crippen LogP contribution in [0.1, 0.15) is 21.8 Å². The maximum Gasteiger partial charge on any atom is 0.122 e. The number of thiazole rings is 1. The second-order valence-electron chi connectivity index (χ2n) is 4.84. The van der Waals surface area contributed by atoms with E-state index >= 15 is 0 Å². The number of methoxy groups -OCH3 is 1. The van der Waals surface area contributed by atoms with Gasteiger partial charge < -0.3 is 10.5 Å². The summed E-state index contributed by atoms with van der Waals surface area (Å²) in [5.41, 5.74) is 9.71. The summed E-state index contributed by atoms with van der Waals surface area (Å²) < 4.78 is 5.39. The van der Waals surface area contributed by atoms with E-state index in [1.165, 1.54) is 11.1 Å². The predicted octanol–water partition coefficient (Wildman–Crippen LogP) is 2.88. The maximum absolute atomic E-state index is 6.23. The van der Waals surface area contributed by atoms with Crippen molar-refractivity contribution >= 4 is 11.3 Å². The van der Waals surface area contributed by atoms with Gasteiger partial charge in [-0.2, -0.15) is 0 Å². The smallest absolute Gasteiger partial charge is 0.122 e. The van der Waals surface area contributed by atoms with Gasteiger partial charge in [-0.15, -0.1) is 11.3 Å². The normalized spacial score (nSPS) is 12.4. The Morgan fingerprint density at radius 2 is 2.11 bits per heavy atom. The maximum atomic E-state index is 6.23. The fourth-order valence-corrected chi connectivity index (χ4v) is 2.82.